The van der Waals surface area contributed by atoms with E-state index in [1.807, 2.05) is 60.7 Å². The van der Waals surface area contributed by atoms with Gasteiger partial charge in [-0.05, 0) is 55.1 Å². The molecule has 0 aliphatic heterocycles. The average molecular weight is 396 g/mol. The van der Waals surface area contributed by atoms with Gasteiger partial charge in [0.25, 0.3) is 0 Å². The average Bonchev–Trinajstić information content (AvgIpc) is 3.33. The van der Waals surface area contributed by atoms with E-state index in [-0.39, 0.29) is 23.0 Å². The molecule has 0 unspecified atom stereocenters. The van der Waals surface area contributed by atoms with Gasteiger partial charge in [0.1, 0.15) is 5.75 Å². The van der Waals surface area contributed by atoms with Gasteiger partial charge in [0.15, 0.2) is 0 Å². The maximum absolute atomic E-state index is 13.2. The van der Waals surface area contributed by atoms with Crippen LogP contribution in [-0.4, -0.2) is 21.9 Å². The summed E-state index contributed by atoms with van der Waals surface area (Å²) in [6.07, 6.45) is 5.25. The van der Waals surface area contributed by atoms with Gasteiger partial charge in [-0.15, -0.1) is 0 Å². The zero-order chi connectivity index (χ0) is 19.5. The third-order valence-electron chi connectivity index (χ3n) is 6.56. The van der Waals surface area contributed by atoms with Gasteiger partial charge in [0, 0.05) is 16.8 Å². The fourth-order valence-electron chi connectivity index (χ4n) is 5.27. The Bertz CT molecular complexity index is 784. The van der Waals surface area contributed by atoms with Crippen molar-refractivity contribution in [2.75, 3.05) is 5.75 Å². The second-order valence-corrected chi connectivity index (χ2v) is 9.94. The molecular formula is C24H29NO2S. The Labute approximate surface area is 170 Å². The molecular weight excluding hydrogens is 366 g/mol. The standard InChI is InChI=1S/C24H29NO2S/c1-17(22-15-18-12-13-21(22)14-18)25-23(26)16-28(27)24(19-8-4-2-5-9-19)20-10-6-3-7-11-20/h2-11,17-18,21-22,24H,12-16H2,1H3,(H,25,26)/t17-,18-,21-,22-,28-/m1/s1. The number of rotatable bonds is 7. The Kier molecular flexibility index (Phi) is 5.96. The molecule has 1 N–H and O–H groups in total. The molecule has 2 aliphatic carbocycles. The van der Waals surface area contributed by atoms with E-state index < -0.39 is 10.8 Å². The minimum absolute atomic E-state index is 0.0413. The number of amides is 1. The van der Waals surface area contributed by atoms with Crippen LogP contribution in [0.3, 0.4) is 0 Å². The number of nitrogens with one attached hydrogen (secondary N) is 1. The molecule has 1 amide bonds. The van der Waals surface area contributed by atoms with Gasteiger partial charge < -0.3 is 5.32 Å². The van der Waals surface area contributed by atoms with Gasteiger partial charge in [0.05, 0.1) is 5.25 Å². The Morgan fingerprint density at radius 3 is 2.11 bits per heavy atom. The van der Waals surface area contributed by atoms with Crippen LogP contribution in [0.2, 0.25) is 0 Å². The Morgan fingerprint density at radius 1 is 1.00 bits per heavy atom. The molecule has 2 bridgehead atoms. The van der Waals surface area contributed by atoms with E-state index >= 15 is 0 Å². The molecule has 4 heteroatoms. The van der Waals surface area contributed by atoms with Gasteiger partial charge in [0.2, 0.25) is 5.91 Å². The van der Waals surface area contributed by atoms with Crippen LogP contribution in [-0.2, 0) is 15.6 Å². The molecule has 2 fully saturated rings. The van der Waals surface area contributed by atoms with Crippen LogP contribution in [0.25, 0.3) is 0 Å². The fourth-order valence-corrected chi connectivity index (χ4v) is 6.70. The van der Waals surface area contributed by atoms with Crippen molar-refractivity contribution in [3.8, 4) is 0 Å². The summed E-state index contributed by atoms with van der Waals surface area (Å²) in [7, 11) is -1.32. The second-order valence-electron chi connectivity index (χ2n) is 8.42. The molecule has 148 valence electrons. The molecule has 2 aliphatic rings. The van der Waals surface area contributed by atoms with Crippen molar-refractivity contribution in [1.29, 1.82) is 0 Å². The number of fused-ring (bicyclic) bond motifs is 2. The first-order chi connectivity index (χ1) is 13.6. The van der Waals surface area contributed by atoms with Gasteiger partial charge in [-0.2, -0.15) is 0 Å². The molecule has 2 aromatic carbocycles. The van der Waals surface area contributed by atoms with Crippen molar-refractivity contribution in [3.05, 3.63) is 71.8 Å². The Morgan fingerprint density at radius 2 is 1.61 bits per heavy atom. The molecule has 0 aromatic heterocycles. The van der Waals surface area contributed by atoms with Crippen molar-refractivity contribution >= 4 is 16.7 Å². The summed E-state index contributed by atoms with van der Waals surface area (Å²) in [5.74, 6) is 2.18. The first-order valence-corrected chi connectivity index (χ1v) is 11.8. The number of hydrogen-bond acceptors (Lipinski definition) is 2. The zero-order valence-corrected chi connectivity index (χ0v) is 17.2. The van der Waals surface area contributed by atoms with Crippen LogP contribution < -0.4 is 5.32 Å². The maximum atomic E-state index is 13.2. The molecule has 2 aromatic rings. The summed E-state index contributed by atoms with van der Waals surface area (Å²) >= 11 is 0. The van der Waals surface area contributed by atoms with Crippen molar-refractivity contribution in [2.45, 2.75) is 43.9 Å². The van der Waals surface area contributed by atoms with Gasteiger partial charge in [-0.1, -0.05) is 67.1 Å². The van der Waals surface area contributed by atoms with Crippen molar-refractivity contribution in [1.82, 2.24) is 5.32 Å². The highest BCUT2D eigenvalue weighted by molar-refractivity contribution is 7.86. The predicted molar refractivity (Wildman–Crippen MR) is 114 cm³/mol. The SMILES string of the molecule is C[C@@H](NC(=O)C[S@@](=O)C(c1ccccc1)c1ccccc1)[C@H]1C[C@@H]2CC[C@@H]1C2. The Hall–Kier alpha value is -1.94. The third-order valence-corrected chi connectivity index (χ3v) is 8.18. The second kappa shape index (κ2) is 8.60. The van der Waals surface area contributed by atoms with Crippen molar-refractivity contribution in [2.24, 2.45) is 17.8 Å². The van der Waals surface area contributed by atoms with E-state index in [1.165, 1.54) is 25.7 Å². The van der Waals surface area contributed by atoms with Gasteiger partial charge in [-0.25, -0.2) is 0 Å². The lowest BCUT2D eigenvalue weighted by atomic mass is 9.84. The first-order valence-electron chi connectivity index (χ1n) is 10.4. The molecule has 5 atom stereocenters. The highest BCUT2D eigenvalue weighted by atomic mass is 32.2. The Balaban J connectivity index is 1.43. The number of carbonyl (C=O) groups excluding carboxylic acids is 1. The minimum atomic E-state index is -1.32. The largest absolute Gasteiger partial charge is 0.353 e. The normalized spacial score (nSPS) is 25.6. The fraction of sp³-hybridized carbons (Fsp3) is 0.458. The van der Waals surface area contributed by atoms with Crippen LogP contribution in [0.15, 0.2) is 60.7 Å². The minimum Gasteiger partial charge on any atom is -0.353 e. The van der Waals surface area contributed by atoms with Crippen LogP contribution in [0.5, 0.6) is 0 Å². The summed E-state index contributed by atoms with van der Waals surface area (Å²) in [5, 5.41) is 2.88. The van der Waals surface area contributed by atoms with Crippen molar-refractivity contribution in [3.63, 3.8) is 0 Å². The summed E-state index contributed by atoms with van der Waals surface area (Å²) in [6, 6.07) is 19.9. The third kappa shape index (κ3) is 4.22. The smallest absolute Gasteiger partial charge is 0.232 e. The van der Waals surface area contributed by atoms with Gasteiger partial charge in [-0.3, -0.25) is 9.00 Å². The molecule has 28 heavy (non-hydrogen) atoms. The number of benzene rings is 2. The molecule has 0 spiro atoms. The van der Waals surface area contributed by atoms with Crippen molar-refractivity contribution < 1.29 is 9.00 Å². The van der Waals surface area contributed by atoms with E-state index in [2.05, 4.69) is 12.2 Å². The van der Waals surface area contributed by atoms with E-state index in [0.29, 0.717) is 5.92 Å². The lowest BCUT2D eigenvalue weighted by molar-refractivity contribution is -0.119. The first kappa shape index (κ1) is 19.4. The topological polar surface area (TPSA) is 46.2 Å². The summed E-state index contributed by atoms with van der Waals surface area (Å²) in [4.78, 5) is 12.7. The summed E-state index contributed by atoms with van der Waals surface area (Å²) < 4.78 is 13.2. The predicted octanol–water partition coefficient (Wildman–Crippen LogP) is 4.47. The zero-order valence-electron chi connectivity index (χ0n) is 16.4. The molecule has 3 nitrogen and oxygen atoms in total. The summed E-state index contributed by atoms with van der Waals surface area (Å²) in [5.41, 5.74) is 1.97. The molecule has 0 heterocycles. The molecule has 0 saturated heterocycles. The van der Waals surface area contributed by atoms with Crippen LogP contribution in [0.1, 0.15) is 49.0 Å². The number of hydrogen-bond donors (Lipinski definition) is 1. The molecule has 0 radical (unpaired) electrons. The van der Waals surface area contributed by atoms with Gasteiger partial charge >= 0.3 is 0 Å². The van der Waals surface area contributed by atoms with E-state index in [1.54, 1.807) is 0 Å². The lowest BCUT2D eigenvalue weighted by Crippen LogP contribution is -2.42. The highest BCUT2D eigenvalue weighted by Crippen LogP contribution is 2.49. The van der Waals surface area contributed by atoms with Crippen LogP contribution in [0, 0.1) is 17.8 Å². The maximum Gasteiger partial charge on any atom is 0.232 e. The summed E-state index contributed by atoms with van der Waals surface area (Å²) in [6.45, 7) is 2.12. The molecule has 2 saturated carbocycles. The van der Waals surface area contributed by atoms with E-state index in [9.17, 15) is 9.00 Å². The van der Waals surface area contributed by atoms with Crippen LogP contribution in [0.4, 0.5) is 0 Å². The monoisotopic (exact) mass is 395 g/mol. The van der Waals surface area contributed by atoms with E-state index in [4.69, 9.17) is 0 Å². The lowest BCUT2D eigenvalue weighted by Gasteiger charge is -2.28. The molecule has 4 rings (SSSR count). The van der Waals surface area contributed by atoms with E-state index in [0.717, 1.165) is 23.0 Å². The van der Waals surface area contributed by atoms with Crippen LogP contribution >= 0.6 is 0 Å². The number of carbonyl (C=O) groups is 1. The quantitative estimate of drug-likeness (QED) is 0.752. The highest BCUT2D eigenvalue weighted by Gasteiger charge is 2.42.